The lowest BCUT2D eigenvalue weighted by atomic mass is 9.74. The average Bonchev–Trinajstić information content (AvgIpc) is 3.43. The van der Waals surface area contributed by atoms with Crippen molar-refractivity contribution in [2.75, 3.05) is 0 Å². The first-order valence-corrected chi connectivity index (χ1v) is 11.8. The quantitative estimate of drug-likeness (QED) is 0.569. The fraction of sp³-hybridized carbons (Fsp3) is 0.375. The topological polar surface area (TPSA) is 37.8 Å². The Morgan fingerprint density at radius 3 is 2.57 bits per heavy atom. The summed E-state index contributed by atoms with van der Waals surface area (Å²) in [5.74, 6) is 1.95. The summed E-state index contributed by atoms with van der Waals surface area (Å²) in [5, 5.41) is 2.33. The summed E-state index contributed by atoms with van der Waals surface area (Å²) in [6, 6.07) is 14.6. The molecule has 0 radical (unpaired) electrons. The highest BCUT2D eigenvalue weighted by Crippen LogP contribution is 2.63. The zero-order valence-corrected chi connectivity index (χ0v) is 17.9. The Morgan fingerprint density at radius 1 is 1.07 bits per heavy atom. The van der Waals surface area contributed by atoms with Gasteiger partial charge in [0, 0.05) is 16.2 Å². The lowest BCUT2D eigenvalue weighted by Gasteiger charge is -2.40. The highest BCUT2D eigenvalue weighted by molar-refractivity contribution is 8.00. The van der Waals surface area contributed by atoms with Crippen molar-refractivity contribution in [1.29, 1.82) is 0 Å². The maximum absolute atomic E-state index is 13.3. The number of imidazole rings is 1. The normalized spacial score (nSPS) is 29.1. The molecule has 0 saturated heterocycles. The number of halogens is 2. The van der Waals surface area contributed by atoms with Gasteiger partial charge < -0.3 is 4.98 Å². The summed E-state index contributed by atoms with van der Waals surface area (Å²) >= 11 is 8.06. The minimum atomic E-state index is -0.260. The summed E-state index contributed by atoms with van der Waals surface area (Å²) in [4.78, 5) is 16.2. The first-order valence-electron chi connectivity index (χ1n) is 10.6. The van der Waals surface area contributed by atoms with Gasteiger partial charge in [-0.05, 0) is 72.4 Å². The Bertz CT molecular complexity index is 1150. The van der Waals surface area contributed by atoms with Crippen LogP contribution in [0.3, 0.4) is 0 Å². The Balaban J connectivity index is 1.47. The lowest BCUT2D eigenvalue weighted by Crippen LogP contribution is -2.34. The third-order valence-corrected chi connectivity index (χ3v) is 9.18. The van der Waals surface area contributed by atoms with Gasteiger partial charge in [0.05, 0.1) is 17.3 Å². The molecule has 2 bridgehead atoms. The van der Waals surface area contributed by atoms with E-state index in [0.29, 0.717) is 17.7 Å². The molecule has 2 fully saturated rings. The number of nitrogens with zero attached hydrogens (tertiary/aromatic N) is 1. The highest BCUT2D eigenvalue weighted by atomic mass is 35.5. The number of rotatable bonds is 3. The second kappa shape index (κ2) is 7.03. The molecule has 0 unspecified atom stereocenters. The van der Waals surface area contributed by atoms with E-state index in [2.05, 4.69) is 17.1 Å². The predicted molar refractivity (Wildman–Crippen MR) is 118 cm³/mol. The van der Waals surface area contributed by atoms with E-state index in [4.69, 9.17) is 11.6 Å². The first kappa shape index (κ1) is 18.8. The first-order chi connectivity index (χ1) is 14.6. The summed E-state index contributed by atoms with van der Waals surface area (Å²) in [6.45, 7) is 0.455. The molecular weight excluding hydrogens is 419 g/mol. The van der Waals surface area contributed by atoms with E-state index >= 15 is 0 Å². The predicted octanol–water partition coefficient (Wildman–Crippen LogP) is 5.67. The molecular formula is C24H22ClFN2OS. The number of benzene rings is 2. The van der Waals surface area contributed by atoms with Gasteiger partial charge in [-0.25, -0.2) is 9.18 Å². The van der Waals surface area contributed by atoms with Gasteiger partial charge in [-0.2, -0.15) is 0 Å². The molecule has 3 nitrogen and oxygen atoms in total. The molecule has 6 heteroatoms. The third-order valence-electron chi connectivity index (χ3n) is 7.29. The molecule has 5 atom stereocenters. The van der Waals surface area contributed by atoms with E-state index < -0.39 is 0 Å². The van der Waals surface area contributed by atoms with Crippen LogP contribution in [0.1, 0.15) is 42.0 Å². The molecule has 154 valence electrons. The molecule has 2 heterocycles. The Morgan fingerprint density at radius 2 is 1.80 bits per heavy atom. The maximum atomic E-state index is 13.3. The van der Waals surface area contributed by atoms with E-state index in [-0.39, 0.29) is 17.4 Å². The standard InChI is InChI=1S/C24H22ClFN2OS/c25-17-7-5-14(6-8-17)19-20-15-3-4-16(11-15)22(20)30-23-21(19)27-24(29)28(23)12-13-1-9-18(26)10-2-13/h1-2,5-10,15-16,19-20,22H,3-4,11-12H2,(H,27,29)/t15-,16-,19-,20+,22+/m0/s1. The van der Waals surface area contributed by atoms with Gasteiger partial charge in [0.25, 0.3) is 0 Å². The number of aromatic amines is 1. The van der Waals surface area contributed by atoms with Gasteiger partial charge >= 0.3 is 5.69 Å². The molecule has 1 N–H and O–H groups in total. The van der Waals surface area contributed by atoms with Crippen molar-refractivity contribution in [3.63, 3.8) is 0 Å². The van der Waals surface area contributed by atoms with Gasteiger partial charge in [-0.3, -0.25) is 4.57 Å². The zero-order valence-electron chi connectivity index (χ0n) is 16.4. The molecule has 0 amide bonds. The van der Waals surface area contributed by atoms with E-state index in [1.54, 1.807) is 12.1 Å². The van der Waals surface area contributed by atoms with Gasteiger partial charge in [0.1, 0.15) is 5.82 Å². The van der Waals surface area contributed by atoms with Crippen LogP contribution in [0.25, 0.3) is 0 Å². The monoisotopic (exact) mass is 440 g/mol. The number of aromatic nitrogens is 2. The van der Waals surface area contributed by atoms with Crippen LogP contribution in [0.5, 0.6) is 0 Å². The minimum Gasteiger partial charge on any atom is -0.308 e. The molecule has 2 aromatic carbocycles. The maximum Gasteiger partial charge on any atom is 0.326 e. The highest BCUT2D eigenvalue weighted by Gasteiger charge is 2.55. The Hall–Kier alpha value is -1.98. The summed E-state index contributed by atoms with van der Waals surface area (Å²) in [7, 11) is 0. The van der Waals surface area contributed by atoms with Crippen LogP contribution in [0, 0.1) is 23.6 Å². The fourth-order valence-electron chi connectivity index (χ4n) is 6.03. The van der Waals surface area contributed by atoms with Crippen molar-refractivity contribution in [1.82, 2.24) is 9.55 Å². The number of hydrogen-bond donors (Lipinski definition) is 1. The van der Waals surface area contributed by atoms with Crippen molar-refractivity contribution in [2.24, 2.45) is 17.8 Å². The number of hydrogen-bond acceptors (Lipinski definition) is 2. The van der Waals surface area contributed by atoms with Crippen molar-refractivity contribution in [3.05, 3.63) is 86.7 Å². The molecule has 2 saturated carbocycles. The zero-order chi connectivity index (χ0) is 20.4. The van der Waals surface area contributed by atoms with E-state index in [1.165, 1.54) is 37.0 Å². The van der Waals surface area contributed by atoms with E-state index in [0.717, 1.165) is 33.1 Å². The Labute approximate surface area is 183 Å². The molecule has 3 aliphatic rings. The van der Waals surface area contributed by atoms with E-state index in [9.17, 15) is 9.18 Å². The minimum absolute atomic E-state index is 0.0805. The number of H-pyrrole nitrogens is 1. The van der Waals surface area contributed by atoms with E-state index in [1.807, 2.05) is 28.5 Å². The van der Waals surface area contributed by atoms with Crippen molar-refractivity contribution in [3.8, 4) is 0 Å². The lowest BCUT2D eigenvalue weighted by molar-refractivity contribution is 0.301. The number of fused-ring (bicyclic) bond motifs is 6. The van der Waals surface area contributed by atoms with Crippen molar-refractivity contribution < 1.29 is 4.39 Å². The van der Waals surface area contributed by atoms with Crippen LogP contribution >= 0.6 is 23.4 Å². The number of thioether (sulfide) groups is 1. The van der Waals surface area contributed by atoms with Crippen molar-refractivity contribution >= 4 is 23.4 Å². The summed E-state index contributed by atoms with van der Waals surface area (Å²) < 4.78 is 15.2. The molecule has 1 aromatic heterocycles. The van der Waals surface area contributed by atoms with Gasteiger partial charge in [-0.15, -0.1) is 11.8 Å². The van der Waals surface area contributed by atoms with Crippen LogP contribution in [0.4, 0.5) is 4.39 Å². The fourth-order valence-corrected chi connectivity index (χ4v) is 7.97. The van der Waals surface area contributed by atoms with Crippen LogP contribution in [-0.2, 0) is 6.54 Å². The van der Waals surface area contributed by atoms with Gasteiger partial charge in [-0.1, -0.05) is 35.9 Å². The van der Waals surface area contributed by atoms with Gasteiger partial charge in [0.2, 0.25) is 0 Å². The van der Waals surface area contributed by atoms with Crippen LogP contribution in [-0.4, -0.2) is 14.8 Å². The smallest absolute Gasteiger partial charge is 0.308 e. The molecule has 30 heavy (non-hydrogen) atoms. The SMILES string of the molecule is O=c1[nH]c2c(n1Cc1ccc(F)cc1)S[C@@H]1[C@H]3CC[C@@H](C3)[C@@H]1[C@@H]2c1ccc(Cl)cc1. The average molecular weight is 441 g/mol. The van der Waals surface area contributed by atoms with Crippen LogP contribution in [0.15, 0.2) is 58.4 Å². The second-order valence-electron chi connectivity index (χ2n) is 8.88. The third kappa shape index (κ3) is 2.89. The molecule has 1 aliphatic heterocycles. The summed E-state index contributed by atoms with van der Waals surface area (Å²) in [5.41, 5.74) is 3.13. The van der Waals surface area contributed by atoms with Gasteiger partial charge in [0.15, 0.2) is 0 Å². The molecule has 0 spiro atoms. The van der Waals surface area contributed by atoms with Crippen molar-refractivity contribution in [2.45, 2.75) is 42.0 Å². The van der Waals surface area contributed by atoms with Crippen LogP contribution in [0.2, 0.25) is 5.02 Å². The molecule has 2 aliphatic carbocycles. The number of nitrogens with one attached hydrogen (secondary N) is 1. The molecule has 6 rings (SSSR count). The largest absolute Gasteiger partial charge is 0.326 e. The van der Waals surface area contributed by atoms with Crippen LogP contribution < -0.4 is 5.69 Å². The Kier molecular flexibility index (Phi) is 4.40. The molecule has 3 aromatic rings. The second-order valence-corrected chi connectivity index (χ2v) is 10.5. The summed E-state index contributed by atoms with van der Waals surface area (Å²) in [6.07, 6.45) is 3.90.